The highest BCUT2D eigenvalue weighted by Gasteiger charge is 2.21. The molecule has 0 unspecified atom stereocenters. The zero-order valence-corrected chi connectivity index (χ0v) is 8.10. The van der Waals surface area contributed by atoms with Gasteiger partial charge in [-0.15, -0.1) is 0 Å². The summed E-state index contributed by atoms with van der Waals surface area (Å²) in [7, 11) is 0. The molecule has 80 valence electrons. The summed E-state index contributed by atoms with van der Waals surface area (Å²) < 4.78 is 0. The van der Waals surface area contributed by atoms with E-state index in [0.29, 0.717) is 0 Å². The molecule has 1 aromatic carbocycles. The van der Waals surface area contributed by atoms with Gasteiger partial charge in [-0.1, -0.05) is 11.6 Å². The van der Waals surface area contributed by atoms with Gasteiger partial charge in [0.05, 0.1) is 5.56 Å². The van der Waals surface area contributed by atoms with Crippen molar-refractivity contribution in [2.45, 2.75) is 0 Å². The van der Waals surface area contributed by atoms with Crippen LogP contribution in [0.15, 0.2) is 18.2 Å². The Hall–Kier alpha value is -1.79. The summed E-state index contributed by atoms with van der Waals surface area (Å²) in [4.78, 5) is 21.7. The van der Waals surface area contributed by atoms with Crippen LogP contribution in [0.25, 0.3) is 0 Å². The number of nitrogens with two attached hydrogens (primary N) is 1. The summed E-state index contributed by atoms with van der Waals surface area (Å²) in [5, 5.41) is 17.9. The predicted octanol–water partition coefficient (Wildman–Crippen LogP) is 1.04. The van der Waals surface area contributed by atoms with Crippen molar-refractivity contribution in [3.8, 4) is 5.75 Å². The Morgan fingerprint density at radius 1 is 1.40 bits per heavy atom. The van der Waals surface area contributed by atoms with Crippen LogP contribution in [0.1, 0.15) is 10.4 Å². The summed E-state index contributed by atoms with van der Waals surface area (Å²) in [6.45, 7) is 0. The van der Waals surface area contributed by atoms with Gasteiger partial charge in [0.25, 0.3) is 5.91 Å². The summed E-state index contributed by atoms with van der Waals surface area (Å²) in [6, 6.07) is 3.66. The highest BCUT2D eigenvalue weighted by atomic mass is 35.5. The van der Waals surface area contributed by atoms with Gasteiger partial charge in [-0.25, -0.2) is 10.6 Å². The number of carbonyl (C=O) groups excluding carboxylic acids is 1. The van der Waals surface area contributed by atoms with Gasteiger partial charge in [-0.3, -0.25) is 4.79 Å². The maximum absolute atomic E-state index is 11.4. The lowest BCUT2D eigenvalue weighted by Crippen LogP contribution is -2.41. The lowest BCUT2D eigenvalue weighted by molar-refractivity contribution is 0.0739. The monoisotopic (exact) mass is 230 g/mol. The molecule has 0 aliphatic heterocycles. The van der Waals surface area contributed by atoms with Gasteiger partial charge < -0.3 is 10.2 Å². The Morgan fingerprint density at radius 2 is 2.00 bits per heavy atom. The van der Waals surface area contributed by atoms with Crippen molar-refractivity contribution in [1.29, 1.82) is 0 Å². The fourth-order valence-electron chi connectivity index (χ4n) is 0.896. The Kier molecular flexibility index (Phi) is 3.13. The number of nitrogens with zero attached hydrogens (tertiary/aromatic N) is 1. The van der Waals surface area contributed by atoms with Crippen LogP contribution in [-0.4, -0.2) is 27.2 Å². The summed E-state index contributed by atoms with van der Waals surface area (Å²) >= 11 is 5.58. The maximum atomic E-state index is 11.4. The molecule has 0 saturated heterocycles. The number of phenolic OH excluding ortho intramolecular Hbond substituents is 1. The minimum atomic E-state index is -1.63. The number of carboxylic acid groups (broad SMARTS) is 1. The summed E-state index contributed by atoms with van der Waals surface area (Å²) in [5.74, 6) is 3.50. The zero-order chi connectivity index (χ0) is 11.6. The van der Waals surface area contributed by atoms with Crippen LogP contribution in [0.2, 0.25) is 5.02 Å². The fraction of sp³-hybridized carbons (Fsp3) is 0. The van der Waals surface area contributed by atoms with E-state index in [1.807, 2.05) is 0 Å². The molecular weight excluding hydrogens is 224 g/mol. The van der Waals surface area contributed by atoms with Crippen molar-refractivity contribution in [1.82, 2.24) is 5.01 Å². The van der Waals surface area contributed by atoms with Crippen molar-refractivity contribution in [2.75, 3.05) is 0 Å². The fourth-order valence-corrected chi connectivity index (χ4v) is 1.07. The Bertz CT molecular complexity index is 421. The molecule has 15 heavy (non-hydrogen) atoms. The van der Waals surface area contributed by atoms with Gasteiger partial charge in [0.1, 0.15) is 5.75 Å². The second kappa shape index (κ2) is 4.16. The van der Waals surface area contributed by atoms with E-state index < -0.39 is 12.0 Å². The summed E-state index contributed by atoms with van der Waals surface area (Å²) in [6.07, 6.45) is -1.63. The molecule has 0 aromatic heterocycles. The Morgan fingerprint density at radius 3 is 2.53 bits per heavy atom. The van der Waals surface area contributed by atoms with Crippen molar-refractivity contribution < 1.29 is 19.8 Å². The average molecular weight is 231 g/mol. The molecule has 0 fully saturated rings. The molecule has 6 nitrogen and oxygen atoms in total. The second-order valence-electron chi connectivity index (χ2n) is 2.62. The van der Waals surface area contributed by atoms with Crippen molar-refractivity contribution in [2.24, 2.45) is 5.84 Å². The number of hydrazine groups is 1. The molecule has 0 aliphatic carbocycles. The minimum Gasteiger partial charge on any atom is -0.507 e. The van der Waals surface area contributed by atoms with Crippen LogP contribution in [-0.2, 0) is 0 Å². The standard InChI is InChI=1S/C8H7ClN2O4/c9-4-1-2-6(12)5(3-4)7(13)11(10)8(14)15/h1-3,12H,10H2,(H,14,15). The van der Waals surface area contributed by atoms with Gasteiger partial charge in [-0.05, 0) is 18.2 Å². The van der Waals surface area contributed by atoms with E-state index in [1.165, 1.54) is 12.1 Å². The molecule has 0 bridgehead atoms. The molecule has 0 spiro atoms. The number of carbonyl (C=O) groups is 2. The summed E-state index contributed by atoms with van der Waals surface area (Å²) in [5.41, 5.74) is -0.271. The highest BCUT2D eigenvalue weighted by Crippen LogP contribution is 2.22. The first-order chi connectivity index (χ1) is 6.93. The molecule has 1 rings (SSSR count). The van der Waals surface area contributed by atoms with Gasteiger partial charge >= 0.3 is 6.09 Å². The smallest absolute Gasteiger partial charge is 0.429 e. The first-order valence-corrected chi connectivity index (χ1v) is 4.12. The third kappa shape index (κ3) is 2.36. The molecule has 0 aliphatic rings. The lowest BCUT2D eigenvalue weighted by atomic mass is 10.2. The van der Waals surface area contributed by atoms with Crippen LogP contribution >= 0.6 is 11.6 Å². The van der Waals surface area contributed by atoms with Crippen LogP contribution in [0, 0.1) is 0 Å². The molecule has 0 saturated carbocycles. The topological polar surface area (TPSA) is 104 Å². The number of halogens is 1. The van der Waals surface area contributed by atoms with Crippen LogP contribution < -0.4 is 5.84 Å². The largest absolute Gasteiger partial charge is 0.507 e. The van der Waals surface area contributed by atoms with Crippen LogP contribution in [0.5, 0.6) is 5.75 Å². The third-order valence-corrected chi connectivity index (χ3v) is 1.85. The number of phenols is 1. The molecule has 0 atom stereocenters. The Balaban J connectivity index is 3.11. The predicted molar refractivity (Wildman–Crippen MR) is 51.5 cm³/mol. The SMILES string of the molecule is NN(C(=O)O)C(=O)c1cc(Cl)ccc1O. The van der Waals surface area contributed by atoms with Gasteiger partial charge in [0, 0.05) is 5.02 Å². The second-order valence-corrected chi connectivity index (χ2v) is 3.06. The number of hydrogen-bond donors (Lipinski definition) is 3. The van der Waals surface area contributed by atoms with Crippen molar-refractivity contribution in [3.63, 3.8) is 0 Å². The molecule has 7 heteroatoms. The number of benzene rings is 1. The van der Waals surface area contributed by atoms with Crippen LogP contribution in [0.4, 0.5) is 4.79 Å². The number of hydrogen-bond acceptors (Lipinski definition) is 4. The third-order valence-electron chi connectivity index (χ3n) is 1.61. The molecular formula is C8H7ClN2O4. The molecule has 1 aromatic rings. The maximum Gasteiger partial charge on any atom is 0.429 e. The number of aromatic hydroxyl groups is 1. The highest BCUT2D eigenvalue weighted by molar-refractivity contribution is 6.31. The van der Waals surface area contributed by atoms with E-state index in [9.17, 15) is 14.7 Å². The van der Waals surface area contributed by atoms with E-state index in [2.05, 4.69) is 0 Å². The first-order valence-electron chi connectivity index (χ1n) is 3.74. The minimum absolute atomic E-state index is 0.0363. The molecule has 0 radical (unpaired) electrons. The van der Waals surface area contributed by atoms with E-state index in [-0.39, 0.29) is 21.3 Å². The number of rotatable bonds is 1. The average Bonchev–Trinajstić information content (AvgIpc) is 2.19. The molecule has 2 amide bonds. The normalized spacial score (nSPS) is 9.73. The van der Waals surface area contributed by atoms with Gasteiger partial charge in [0.2, 0.25) is 0 Å². The number of imide groups is 1. The van der Waals surface area contributed by atoms with E-state index >= 15 is 0 Å². The van der Waals surface area contributed by atoms with Crippen molar-refractivity contribution in [3.05, 3.63) is 28.8 Å². The Labute approximate surface area is 89.4 Å². The van der Waals surface area contributed by atoms with Crippen molar-refractivity contribution >= 4 is 23.6 Å². The van der Waals surface area contributed by atoms with Crippen LogP contribution in [0.3, 0.4) is 0 Å². The van der Waals surface area contributed by atoms with E-state index in [0.717, 1.165) is 6.07 Å². The molecule has 0 heterocycles. The van der Waals surface area contributed by atoms with Gasteiger partial charge in [-0.2, -0.15) is 5.01 Å². The zero-order valence-electron chi connectivity index (χ0n) is 7.35. The lowest BCUT2D eigenvalue weighted by Gasteiger charge is -2.11. The van der Waals surface area contributed by atoms with Gasteiger partial charge in [0.15, 0.2) is 0 Å². The van der Waals surface area contributed by atoms with E-state index in [4.69, 9.17) is 22.6 Å². The first kappa shape index (κ1) is 11.3. The molecule has 4 N–H and O–H groups in total. The van der Waals surface area contributed by atoms with E-state index in [1.54, 1.807) is 0 Å². The quantitative estimate of drug-likeness (QED) is 0.380. The number of amides is 2.